The average Bonchev–Trinajstić information content (AvgIpc) is 3.27. The maximum Gasteiger partial charge on any atom is 0.273 e. The molecule has 3 aromatic rings. The van der Waals surface area contributed by atoms with Gasteiger partial charge in [-0.3, -0.25) is 14.4 Å². The molecule has 3 amide bonds. The third kappa shape index (κ3) is 4.52. The number of benzene rings is 1. The molecule has 2 aromatic heterocycles. The van der Waals surface area contributed by atoms with Gasteiger partial charge in [0.25, 0.3) is 11.8 Å². The van der Waals surface area contributed by atoms with Gasteiger partial charge in [0.2, 0.25) is 5.91 Å². The van der Waals surface area contributed by atoms with Crippen LogP contribution in [-0.2, 0) is 17.8 Å². The van der Waals surface area contributed by atoms with Crippen LogP contribution in [-0.4, -0.2) is 61.9 Å². The molecule has 2 aliphatic heterocycles. The summed E-state index contributed by atoms with van der Waals surface area (Å²) in [5.74, 6) is -0.759. The average molecular weight is 576 g/mol. The number of pyridine rings is 1. The van der Waals surface area contributed by atoms with Crippen molar-refractivity contribution in [1.82, 2.24) is 29.9 Å². The Bertz CT molecular complexity index is 1440. The van der Waals surface area contributed by atoms with Crippen LogP contribution in [0.3, 0.4) is 0 Å². The molecular formula is C26H25Cl3N6O3. The van der Waals surface area contributed by atoms with Crippen LogP contribution in [0.25, 0.3) is 0 Å². The molecule has 2 aliphatic rings. The van der Waals surface area contributed by atoms with Gasteiger partial charge in [-0.1, -0.05) is 40.9 Å². The summed E-state index contributed by atoms with van der Waals surface area (Å²) in [6, 6.07) is 6.93. The summed E-state index contributed by atoms with van der Waals surface area (Å²) < 4.78 is 1.52. The maximum atomic E-state index is 13.9. The van der Waals surface area contributed by atoms with Crippen LogP contribution in [0, 0.1) is 0 Å². The smallest absolute Gasteiger partial charge is 0.273 e. The number of hydrogen-bond acceptors (Lipinski definition) is 5. The van der Waals surface area contributed by atoms with Crippen molar-refractivity contribution in [3.63, 3.8) is 0 Å². The van der Waals surface area contributed by atoms with Gasteiger partial charge in [0.1, 0.15) is 16.9 Å². The van der Waals surface area contributed by atoms with Crippen molar-refractivity contribution in [2.45, 2.75) is 44.9 Å². The fourth-order valence-corrected chi connectivity index (χ4v) is 5.48. The Morgan fingerprint density at radius 2 is 1.89 bits per heavy atom. The Hall–Kier alpha value is -3.14. The van der Waals surface area contributed by atoms with Crippen LogP contribution >= 0.6 is 34.8 Å². The second kappa shape index (κ2) is 10.2. The van der Waals surface area contributed by atoms with E-state index in [1.165, 1.54) is 10.7 Å². The summed E-state index contributed by atoms with van der Waals surface area (Å²) in [5, 5.41) is 8.40. The summed E-state index contributed by atoms with van der Waals surface area (Å²) in [5.41, 5.74) is 2.84. The van der Waals surface area contributed by atoms with Crippen molar-refractivity contribution in [1.29, 1.82) is 0 Å². The topological polar surface area (TPSA) is 100 Å². The third-order valence-corrected chi connectivity index (χ3v) is 8.21. The normalized spacial score (nSPS) is 19.6. The van der Waals surface area contributed by atoms with E-state index in [4.69, 9.17) is 39.9 Å². The Balaban J connectivity index is 1.54. The van der Waals surface area contributed by atoms with Crippen molar-refractivity contribution in [2.75, 3.05) is 13.6 Å². The number of rotatable bonds is 4. The van der Waals surface area contributed by atoms with E-state index in [1.807, 2.05) is 19.9 Å². The molecule has 0 fully saturated rings. The van der Waals surface area contributed by atoms with Crippen LogP contribution in [0.15, 0.2) is 36.5 Å². The number of halogens is 3. The number of nitrogens with zero attached hydrogens (tertiary/aromatic N) is 5. The van der Waals surface area contributed by atoms with Gasteiger partial charge < -0.3 is 15.1 Å². The number of carbonyl (C=O) groups is 3. The van der Waals surface area contributed by atoms with Crippen LogP contribution in [0.2, 0.25) is 15.2 Å². The number of carbonyl (C=O) groups excluding carboxylic acids is 3. The largest absolute Gasteiger partial charge is 0.357 e. The molecule has 1 N–H and O–H groups in total. The third-order valence-electron chi connectivity index (χ3n) is 7.25. The number of hydrogen-bond donors (Lipinski definition) is 1. The summed E-state index contributed by atoms with van der Waals surface area (Å²) in [4.78, 5) is 47.9. The molecule has 0 aliphatic carbocycles. The maximum absolute atomic E-state index is 13.9. The van der Waals surface area contributed by atoms with E-state index in [1.54, 1.807) is 41.2 Å². The number of likely N-dealkylation sites (N-methyl/N-ethyl adjacent to an activating group) is 1. The Morgan fingerprint density at radius 1 is 1.13 bits per heavy atom. The molecule has 0 saturated heterocycles. The van der Waals surface area contributed by atoms with E-state index in [9.17, 15) is 14.4 Å². The molecule has 0 unspecified atom stereocenters. The molecular weight excluding hydrogens is 551 g/mol. The first-order chi connectivity index (χ1) is 18.1. The summed E-state index contributed by atoms with van der Waals surface area (Å²) in [7, 11) is 1.55. The molecule has 198 valence electrons. The van der Waals surface area contributed by atoms with Crippen LogP contribution < -0.4 is 5.32 Å². The molecule has 38 heavy (non-hydrogen) atoms. The molecule has 5 rings (SSSR count). The van der Waals surface area contributed by atoms with E-state index < -0.39 is 6.04 Å². The van der Waals surface area contributed by atoms with Gasteiger partial charge in [0, 0.05) is 36.8 Å². The van der Waals surface area contributed by atoms with Crippen molar-refractivity contribution in [3.05, 3.63) is 79.8 Å². The van der Waals surface area contributed by atoms with Gasteiger partial charge >= 0.3 is 0 Å². The zero-order chi connectivity index (χ0) is 27.3. The quantitative estimate of drug-likeness (QED) is 0.467. The van der Waals surface area contributed by atoms with E-state index in [2.05, 4.69) is 10.3 Å². The van der Waals surface area contributed by atoms with Gasteiger partial charge in [0.05, 0.1) is 34.9 Å². The highest BCUT2D eigenvalue weighted by Gasteiger charge is 2.43. The molecule has 12 heteroatoms. The number of nitrogens with one attached hydrogen (secondary N) is 1. The molecule has 9 nitrogen and oxygen atoms in total. The monoisotopic (exact) mass is 574 g/mol. The zero-order valence-electron chi connectivity index (χ0n) is 20.9. The Kier molecular flexibility index (Phi) is 7.11. The van der Waals surface area contributed by atoms with E-state index in [0.29, 0.717) is 39.1 Å². The van der Waals surface area contributed by atoms with E-state index in [0.717, 1.165) is 5.56 Å². The molecule has 3 atom stereocenters. The first kappa shape index (κ1) is 26.5. The lowest BCUT2D eigenvalue weighted by molar-refractivity contribution is -0.125. The zero-order valence-corrected chi connectivity index (χ0v) is 23.2. The SMILES string of the molecule is CNC(=O)[C@@H]1CN([C@@H](C)c2ccc(Cl)nc2)C(=O)c2c3c(nn21)C[C@@H](C)N(C(=O)c1ccc(Cl)c(Cl)c1)C3. The molecule has 4 heterocycles. The first-order valence-corrected chi connectivity index (χ1v) is 13.2. The van der Waals surface area contributed by atoms with Crippen molar-refractivity contribution < 1.29 is 14.4 Å². The van der Waals surface area contributed by atoms with Gasteiger partial charge in [-0.15, -0.1) is 0 Å². The molecule has 0 radical (unpaired) electrons. The highest BCUT2D eigenvalue weighted by atomic mass is 35.5. The van der Waals surface area contributed by atoms with Crippen LogP contribution in [0.1, 0.15) is 63.6 Å². The molecule has 1 aromatic carbocycles. The van der Waals surface area contributed by atoms with Gasteiger partial charge in [0.15, 0.2) is 0 Å². The first-order valence-electron chi connectivity index (χ1n) is 12.1. The minimum atomic E-state index is -0.726. The summed E-state index contributed by atoms with van der Waals surface area (Å²) >= 11 is 18.2. The highest BCUT2D eigenvalue weighted by molar-refractivity contribution is 6.42. The standard InChI is InChI=1S/C26H25Cl3N6O3/c1-13-8-20-17(11-33(13)25(37)15-4-6-18(27)19(28)9-15)23-26(38)34(12-21(24(36)30-3)35(23)32-20)14(2)16-5-7-22(29)31-10-16/h4-7,9-10,13-14,21H,8,11-12H2,1-3H3,(H,30,36)/t13-,14+,21+/m1/s1. The minimum Gasteiger partial charge on any atom is -0.357 e. The second-order valence-corrected chi connectivity index (χ2v) is 10.7. The van der Waals surface area contributed by atoms with Crippen LogP contribution in [0.5, 0.6) is 0 Å². The van der Waals surface area contributed by atoms with Crippen molar-refractivity contribution in [3.8, 4) is 0 Å². The molecule has 0 saturated carbocycles. The van der Waals surface area contributed by atoms with Gasteiger partial charge in [-0.2, -0.15) is 5.10 Å². The summed E-state index contributed by atoms with van der Waals surface area (Å²) in [6.07, 6.45) is 2.06. The van der Waals surface area contributed by atoms with E-state index >= 15 is 0 Å². The Labute approximate surface area is 234 Å². The van der Waals surface area contributed by atoms with Crippen molar-refractivity contribution in [2.24, 2.45) is 0 Å². The lowest BCUT2D eigenvalue weighted by Crippen LogP contribution is -2.49. The van der Waals surface area contributed by atoms with E-state index in [-0.39, 0.29) is 47.9 Å². The lowest BCUT2D eigenvalue weighted by atomic mass is 9.96. The van der Waals surface area contributed by atoms with Crippen molar-refractivity contribution >= 4 is 52.5 Å². The van der Waals surface area contributed by atoms with Gasteiger partial charge in [-0.25, -0.2) is 9.67 Å². The lowest BCUT2D eigenvalue weighted by Gasteiger charge is -2.37. The Morgan fingerprint density at radius 3 is 2.55 bits per heavy atom. The van der Waals surface area contributed by atoms with Gasteiger partial charge in [-0.05, 0) is 43.7 Å². The fraction of sp³-hybridized carbons (Fsp3) is 0.346. The highest BCUT2D eigenvalue weighted by Crippen LogP contribution is 2.36. The summed E-state index contributed by atoms with van der Waals surface area (Å²) in [6.45, 7) is 4.11. The molecule has 0 bridgehead atoms. The van der Waals surface area contributed by atoms with Crippen LogP contribution in [0.4, 0.5) is 0 Å². The second-order valence-electron chi connectivity index (χ2n) is 9.51. The molecule has 0 spiro atoms. The number of fused-ring (bicyclic) bond motifs is 3. The minimum absolute atomic E-state index is 0.136. The number of aromatic nitrogens is 3. The number of amides is 3. The predicted octanol–water partition coefficient (Wildman–Crippen LogP) is 4.33. The fourth-order valence-electron chi connectivity index (χ4n) is 5.07. The predicted molar refractivity (Wildman–Crippen MR) is 144 cm³/mol.